The van der Waals surface area contributed by atoms with Crippen LogP contribution in [0.2, 0.25) is 0 Å². The van der Waals surface area contributed by atoms with Gasteiger partial charge in [0.05, 0.1) is 0 Å². The van der Waals surface area contributed by atoms with Gasteiger partial charge in [0.1, 0.15) is 12.7 Å². The lowest BCUT2D eigenvalue weighted by Crippen LogP contribution is -2.51. The summed E-state index contributed by atoms with van der Waals surface area (Å²) in [5.41, 5.74) is 1.66. The van der Waals surface area contributed by atoms with Crippen LogP contribution in [0.15, 0.2) is 36.9 Å². The Hall–Kier alpha value is -2.21. The summed E-state index contributed by atoms with van der Waals surface area (Å²) >= 11 is 0. The number of nitrogens with one attached hydrogen (secondary N) is 1. The average Bonchev–Trinajstić information content (AvgIpc) is 3.01. The number of carbonyl (C=O) groups excluding carboxylic acids is 1. The molecule has 1 aromatic carbocycles. The van der Waals surface area contributed by atoms with E-state index in [9.17, 15) is 4.79 Å². The first-order chi connectivity index (χ1) is 9.74. The summed E-state index contributed by atoms with van der Waals surface area (Å²) in [6.45, 7) is 4.46. The Kier molecular flexibility index (Phi) is 3.47. The van der Waals surface area contributed by atoms with E-state index >= 15 is 0 Å². The summed E-state index contributed by atoms with van der Waals surface area (Å²) < 4.78 is 1.81. The molecule has 3 rings (SSSR count). The second-order valence-corrected chi connectivity index (χ2v) is 5.02. The number of piperazine rings is 1. The van der Waals surface area contributed by atoms with E-state index in [4.69, 9.17) is 0 Å². The molecule has 1 aromatic heterocycles. The Balaban J connectivity index is 1.75. The zero-order valence-corrected chi connectivity index (χ0v) is 11.4. The molecule has 1 saturated heterocycles. The molecule has 1 aliphatic heterocycles. The van der Waals surface area contributed by atoms with Gasteiger partial charge in [-0.05, 0) is 31.2 Å². The van der Waals surface area contributed by atoms with E-state index in [1.54, 1.807) is 17.2 Å². The molecular formula is C14H17N5O. The van der Waals surface area contributed by atoms with Gasteiger partial charge in [0.15, 0.2) is 0 Å². The summed E-state index contributed by atoms with van der Waals surface area (Å²) in [5, 5.41) is 10.9. The SMILES string of the molecule is C[C@H]1CN(C(=O)c2ccc(-n3cnnc3)cc2)CCN1. The first kappa shape index (κ1) is 12.8. The van der Waals surface area contributed by atoms with Gasteiger partial charge in [-0.25, -0.2) is 0 Å². The van der Waals surface area contributed by atoms with Gasteiger partial charge in [-0.1, -0.05) is 0 Å². The van der Waals surface area contributed by atoms with Crippen LogP contribution >= 0.6 is 0 Å². The molecule has 0 unspecified atom stereocenters. The Labute approximate surface area is 117 Å². The number of hydrogen-bond acceptors (Lipinski definition) is 4. The van der Waals surface area contributed by atoms with Gasteiger partial charge in [0.25, 0.3) is 5.91 Å². The van der Waals surface area contributed by atoms with E-state index in [2.05, 4.69) is 22.4 Å². The van der Waals surface area contributed by atoms with E-state index in [1.807, 2.05) is 29.2 Å². The minimum atomic E-state index is 0.0913. The maximum Gasteiger partial charge on any atom is 0.253 e. The van der Waals surface area contributed by atoms with Gasteiger partial charge in [-0.15, -0.1) is 10.2 Å². The normalized spacial score (nSPS) is 19.1. The number of nitrogens with zero attached hydrogens (tertiary/aromatic N) is 4. The van der Waals surface area contributed by atoms with Crippen molar-refractivity contribution in [3.05, 3.63) is 42.5 Å². The van der Waals surface area contributed by atoms with E-state index in [0.717, 1.165) is 30.9 Å². The quantitative estimate of drug-likeness (QED) is 0.873. The Morgan fingerprint density at radius 2 is 1.95 bits per heavy atom. The molecule has 0 radical (unpaired) electrons. The van der Waals surface area contributed by atoms with Crippen molar-refractivity contribution < 1.29 is 4.79 Å². The maximum atomic E-state index is 12.4. The summed E-state index contributed by atoms with van der Waals surface area (Å²) in [7, 11) is 0. The highest BCUT2D eigenvalue weighted by atomic mass is 16.2. The molecule has 1 N–H and O–H groups in total. The van der Waals surface area contributed by atoms with Crippen LogP contribution in [0.25, 0.3) is 5.69 Å². The van der Waals surface area contributed by atoms with Crippen molar-refractivity contribution in [1.82, 2.24) is 25.0 Å². The first-order valence-electron chi connectivity index (χ1n) is 6.72. The number of rotatable bonds is 2. The standard InChI is InChI=1S/C14H17N5O/c1-11-8-18(7-6-15-11)14(20)12-2-4-13(5-3-12)19-9-16-17-10-19/h2-5,9-11,15H,6-8H2,1H3/t11-/m0/s1. The molecule has 6 heteroatoms. The van der Waals surface area contributed by atoms with Crippen molar-refractivity contribution in [2.75, 3.05) is 19.6 Å². The third kappa shape index (κ3) is 2.55. The van der Waals surface area contributed by atoms with Crippen LogP contribution in [0.4, 0.5) is 0 Å². The lowest BCUT2D eigenvalue weighted by atomic mass is 10.1. The third-order valence-corrected chi connectivity index (χ3v) is 3.49. The van der Waals surface area contributed by atoms with Crippen LogP contribution in [0, 0.1) is 0 Å². The van der Waals surface area contributed by atoms with Gasteiger partial charge in [0.2, 0.25) is 0 Å². The predicted octanol–water partition coefficient (Wildman–Crippen LogP) is 0.701. The fourth-order valence-electron chi connectivity index (χ4n) is 2.41. The second kappa shape index (κ2) is 5.42. The molecule has 6 nitrogen and oxygen atoms in total. The van der Waals surface area contributed by atoms with Gasteiger partial charge in [-0.2, -0.15) is 0 Å². The fraction of sp³-hybridized carbons (Fsp3) is 0.357. The lowest BCUT2D eigenvalue weighted by Gasteiger charge is -2.32. The molecule has 1 aliphatic rings. The molecule has 20 heavy (non-hydrogen) atoms. The Bertz CT molecular complexity index is 578. The minimum Gasteiger partial charge on any atom is -0.336 e. The van der Waals surface area contributed by atoms with Crippen molar-refractivity contribution in [2.24, 2.45) is 0 Å². The number of benzene rings is 1. The molecule has 0 bridgehead atoms. The Morgan fingerprint density at radius 3 is 2.60 bits per heavy atom. The van der Waals surface area contributed by atoms with E-state index in [1.165, 1.54) is 0 Å². The first-order valence-corrected chi connectivity index (χ1v) is 6.72. The largest absolute Gasteiger partial charge is 0.336 e. The van der Waals surface area contributed by atoms with Crippen LogP contribution in [0.3, 0.4) is 0 Å². The van der Waals surface area contributed by atoms with E-state index in [-0.39, 0.29) is 5.91 Å². The summed E-state index contributed by atoms with van der Waals surface area (Å²) in [6.07, 6.45) is 3.27. The zero-order valence-electron chi connectivity index (χ0n) is 11.4. The minimum absolute atomic E-state index is 0.0913. The van der Waals surface area contributed by atoms with Crippen molar-refractivity contribution in [3.8, 4) is 5.69 Å². The monoisotopic (exact) mass is 271 g/mol. The number of carbonyl (C=O) groups is 1. The van der Waals surface area contributed by atoms with Gasteiger partial charge in [-0.3, -0.25) is 9.36 Å². The highest BCUT2D eigenvalue weighted by molar-refractivity contribution is 5.94. The number of aromatic nitrogens is 3. The van der Waals surface area contributed by atoms with Crippen LogP contribution in [-0.2, 0) is 0 Å². The van der Waals surface area contributed by atoms with Gasteiger partial charge < -0.3 is 10.2 Å². The molecular weight excluding hydrogens is 254 g/mol. The zero-order chi connectivity index (χ0) is 13.9. The van der Waals surface area contributed by atoms with Crippen LogP contribution in [-0.4, -0.2) is 51.2 Å². The van der Waals surface area contributed by atoms with Crippen molar-refractivity contribution in [1.29, 1.82) is 0 Å². The van der Waals surface area contributed by atoms with Crippen molar-refractivity contribution >= 4 is 5.91 Å². The van der Waals surface area contributed by atoms with Crippen LogP contribution in [0.1, 0.15) is 17.3 Å². The average molecular weight is 271 g/mol. The molecule has 2 heterocycles. The summed E-state index contributed by atoms with van der Waals surface area (Å²) in [5.74, 6) is 0.0913. The highest BCUT2D eigenvalue weighted by Gasteiger charge is 2.21. The molecule has 1 amide bonds. The van der Waals surface area contributed by atoms with Crippen LogP contribution < -0.4 is 5.32 Å². The van der Waals surface area contributed by atoms with Gasteiger partial charge in [0, 0.05) is 36.9 Å². The second-order valence-electron chi connectivity index (χ2n) is 5.02. The van der Waals surface area contributed by atoms with E-state index < -0.39 is 0 Å². The smallest absolute Gasteiger partial charge is 0.253 e. The van der Waals surface area contributed by atoms with Crippen molar-refractivity contribution in [2.45, 2.75) is 13.0 Å². The number of hydrogen-bond donors (Lipinski definition) is 1. The lowest BCUT2D eigenvalue weighted by molar-refractivity contribution is 0.0709. The molecule has 2 aromatic rings. The van der Waals surface area contributed by atoms with Crippen LogP contribution in [0.5, 0.6) is 0 Å². The predicted molar refractivity (Wildman–Crippen MR) is 74.7 cm³/mol. The molecule has 0 spiro atoms. The fourth-order valence-corrected chi connectivity index (χ4v) is 2.41. The van der Waals surface area contributed by atoms with Gasteiger partial charge >= 0.3 is 0 Å². The third-order valence-electron chi connectivity index (χ3n) is 3.49. The molecule has 1 fully saturated rings. The van der Waals surface area contributed by atoms with E-state index in [0.29, 0.717) is 6.04 Å². The number of amides is 1. The molecule has 1 atom stereocenters. The topological polar surface area (TPSA) is 63.1 Å². The molecule has 104 valence electrons. The molecule has 0 saturated carbocycles. The highest BCUT2D eigenvalue weighted by Crippen LogP contribution is 2.12. The molecule has 0 aliphatic carbocycles. The summed E-state index contributed by atoms with van der Waals surface area (Å²) in [4.78, 5) is 14.3. The summed E-state index contributed by atoms with van der Waals surface area (Å²) in [6, 6.07) is 7.86. The maximum absolute atomic E-state index is 12.4. The Morgan fingerprint density at radius 1 is 1.25 bits per heavy atom. The van der Waals surface area contributed by atoms with Crippen molar-refractivity contribution in [3.63, 3.8) is 0 Å².